The van der Waals surface area contributed by atoms with Crippen molar-refractivity contribution >= 4 is 21.7 Å². The van der Waals surface area contributed by atoms with Crippen LogP contribution in [0, 0.1) is 17.2 Å². The van der Waals surface area contributed by atoms with Crippen molar-refractivity contribution in [1.82, 2.24) is 9.97 Å². The quantitative estimate of drug-likeness (QED) is 0.667. The molecule has 90 valence electrons. The van der Waals surface area contributed by atoms with Crippen LogP contribution in [0.15, 0.2) is 10.7 Å². The summed E-state index contributed by atoms with van der Waals surface area (Å²) in [4.78, 5) is 8.04. The van der Waals surface area contributed by atoms with Crippen LogP contribution in [0.1, 0.15) is 32.0 Å². The Labute approximate surface area is 109 Å². The van der Waals surface area contributed by atoms with Gasteiger partial charge >= 0.3 is 0 Å². The minimum atomic E-state index is 0.143. The Balaban J connectivity index is 2.30. The highest BCUT2D eigenvalue weighted by molar-refractivity contribution is 9.10. The minimum absolute atomic E-state index is 0.143. The lowest BCUT2D eigenvalue weighted by molar-refractivity contribution is 0.486. The molecular formula is C11H14BrN5. The van der Waals surface area contributed by atoms with Gasteiger partial charge in [-0.3, -0.25) is 5.01 Å². The zero-order valence-electron chi connectivity index (χ0n) is 9.60. The van der Waals surface area contributed by atoms with Crippen molar-refractivity contribution in [3.05, 3.63) is 16.5 Å². The molecule has 0 aliphatic heterocycles. The third kappa shape index (κ3) is 2.40. The molecule has 1 aromatic heterocycles. The second-order valence-electron chi connectivity index (χ2n) is 4.36. The summed E-state index contributed by atoms with van der Waals surface area (Å²) in [6, 6.07) is 2.21. The number of nitrogens with two attached hydrogens (primary N) is 1. The third-order valence-electron chi connectivity index (χ3n) is 3.24. The van der Waals surface area contributed by atoms with Crippen molar-refractivity contribution in [2.75, 3.05) is 5.01 Å². The minimum Gasteiger partial charge on any atom is -0.290 e. The maximum atomic E-state index is 8.80. The van der Waals surface area contributed by atoms with Crippen LogP contribution in [-0.4, -0.2) is 16.0 Å². The second kappa shape index (κ2) is 4.98. The van der Waals surface area contributed by atoms with Crippen molar-refractivity contribution in [3.8, 4) is 6.07 Å². The van der Waals surface area contributed by atoms with Crippen LogP contribution in [0.5, 0.6) is 0 Å². The molecule has 5 nitrogen and oxygen atoms in total. The lowest BCUT2D eigenvalue weighted by Crippen LogP contribution is -2.43. The van der Waals surface area contributed by atoms with Crippen LogP contribution in [0.4, 0.5) is 5.82 Å². The number of hydrazine groups is 1. The molecule has 1 aromatic rings. The maximum Gasteiger partial charge on any atom is 0.234 e. The molecule has 0 saturated heterocycles. The number of hydrogen-bond acceptors (Lipinski definition) is 5. The van der Waals surface area contributed by atoms with Gasteiger partial charge in [0.15, 0.2) is 5.82 Å². The van der Waals surface area contributed by atoms with Gasteiger partial charge in [0, 0.05) is 12.2 Å². The number of halogens is 1. The number of anilines is 1. The summed E-state index contributed by atoms with van der Waals surface area (Å²) >= 11 is 3.37. The standard InChI is InChI=1S/C11H14BrN5/c1-7-3-2-4-9(7)17(14)11-8(12)6-15-10(5-13)16-11/h6-7,9H,2-4,14H2,1H3. The van der Waals surface area contributed by atoms with Gasteiger partial charge in [0.2, 0.25) is 5.82 Å². The van der Waals surface area contributed by atoms with Gasteiger partial charge < -0.3 is 0 Å². The smallest absolute Gasteiger partial charge is 0.234 e. The van der Waals surface area contributed by atoms with Gasteiger partial charge in [0.1, 0.15) is 6.07 Å². The first-order valence-electron chi connectivity index (χ1n) is 5.60. The summed E-state index contributed by atoms with van der Waals surface area (Å²) < 4.78 is 0.720. The number of nitrogens with zero attached hydrogens (tertiary/aromatic N) is 4. The van der Waals surface area contributed by atoms with Gasteiger partial charge in [0.05, 0.1) is 4.47 Å². The average Bonchev–Trinajstić information content (AvgIpc) is 2.75. The SMILES string of the molecule is CC1CCCC1N(N)c1nc(C#N)ncc1Br. The van der Waals surface area contributed by atoms with Crippen LogP contribution < -0.4 is 10.9 Å². The van der Waals surface area contributed by atoms with Crippen LogP contribution in [0.25, 0.3) is 0 Å². The van der Waals surface area contributed by atoms with Gasteiger partial charge in [-0.1, -0.05) is 13.3 Å². The zero-order chi connectivity index (χ0) is 12.4. The Morgan fingerprint density at radius 2 is 2.35 bits per heavy atom. The third-order valence-corrected chi connectivity index (χ3v) is 3.80. The molecule has 2 unspecified atom stereocenters. The lowest BCUT2D eigenvalue weighted by Gasteiger charge is -2.28. The predicted molar refractivity (Wildman–Crippen MR) is 67.9 cm³/mol. The van der Waals surface area contributed by atoms with Crippen molar-refractivity contribution in [3.63, 3.8) is 0 Å². The molecule has 1 aliphatic rings. The Morgan fingerprint density at radius 3 is 2.94 bits per heavy atom. The molecule has 1 fully saturated rings. The number of aromatic nitrogens is 2. The first-order chi connectivity index (χ1) is 8.13. The first-order valence-corrected chi connectivity index (χ1v) is 6.39. The van der Waals surface area contributed by atoms with Gasteiger partial charge in [-0.15, -0.1) is 0 Å². The van der Waals surface area contributed by atoms with Crippen molar-refractivity contribution < 1.29 is 0 Å². The molecule has 2 rings (SSSR count). The normalized spacial score (nSPS) is 23.4. The molecule has 1 saturated carbocycles. The second-order valence-corrected chi connectivity index (χ2v) is 5.21. The van der Waals surface area contributed by atoms with Gasteiger partial charge in [-0.05, 0) is 34.7 Å². The molecule has 0 aromatic carbocycles. The van der Waals surface area contributed by atoms with E-state index in [0.29, 0.717) is 11.7 Å². The topological polar surface area (TPSA) is 78.8 Å². The zero-order valence-corrected chi connectivity index (χ0v) is 11.2. The molecule has 2 atom stereocenters. The van der Waals surface area contributed by atoms with Crippen molar-refractivity contribution in [1.29, 1.82) is 5.26 Å². The molecule has 1 aliphatic carbocycles. The summed E-state index contributed by atoms with van der Waals surface area (Å²) in [5, 5.41) is 10.5. The number of hydrogen-bond donors (Lipinski definition) is 1. The molecule has 17 heavy (non-hydrogen) atoms. The largest absolute Gasteiger partial charge is 0.290 e. The van der Waals surface area contributed by atoms with E-state index in [9.17, 15) is 0 Å². The van der Waals surface area contributed by atoms with E-state index in [1.807, 2.05) is 6.07 Å². The first kappa shape index (κ1) is 12.3. The molecule has 1 heterocycles. The molecule has 6 heteroatoms. The van der Waals surface area contributed by atoms with Crippen molar-refractivity contribution in [2.45, 2.75) is 32.2 Å². The Hall–Kier alpha value is -1.19. The molecule has 0 bridgehead atoms. The highest BCUT2D eigenvalue weighted by Gasteiger charge is 2.29. The summed E-state index contributed by atoms with van der Waals surface area (Å²) in [6.07, 6.45) is 5.01. The molecular weight excluding hydrogens is 282 g/mol. The van der Waals surface area contributed by atoms with Crippen LogP contribution in [-0.2, 0) is 0 Å². The summed E-state index contributed by atoms with van der Waals surface area (Å²) in [7, 11) is 0. The Bertz CT molecular complexity index is 456. The van der Waals surface area contributed by atoms with E-state index in [0.717, 1.165) is 10.9 Å². The highest BCUT2D eigenvalue weighted by Crippen LogP contribution is 2.32. The van der Waals surface area contributed by atoms with Gasteiger partial charge in [-0.2, -0.15) is 10.2 Å². The fraction of sp³-hybridized carbons (Fsp3) is 0.545. The van der Waals surface area contributed by atoms with Crippen molar-refractivity contribution in [2.24, 2.45) is 11.8 Å². The van der Waals surface area contributed by atoms with Gasteiger partial charge in [0.25, 0.3) is 0 Å². The fourth-order valence-corrected chi connectivity index (χ4v) is 2.69. The maximum absolute atomic E-state index is 8.80. The fourth-order valence-electron chi connectivity index (χ4n) is 2.29. The molecule has 0 radical (unpaired) electrons. The Morgan fingerprint density at radius 1 is 1.59 bits per heavy atom. The molecule has 0 spiro atoms. The Kier molecular flexibility index (Phi) is 3.60. The number of nitriles is 1. The highest BCUT2D eigenvalue weighted by atomic mass is 79.9. The molecule has 2 N–H and O–H groups in total. The predicted octanol–water partition coefficient (Wildman–Crippen LogP) is 1.98. The van der Waals surface area contributed by atoms with Crippen LogP contribution in [0.3, 0.4) is 0 Å². The van der Waals surface area contributed by atoms with E-state index in [1.165, 1.54) is 12.8 Å². The summed E-state index contributed by atoms with van der Waals surface area (Å²) in [5.41, 5.74) is 0. The van der Waals surface area contributed by atoms with E-state index in [-0.39, 0.29) is 11.9 Å². The lowest BCUT2D eigenvalue weighted by atomic mass is 10.1. The van der Waals surface area contributed by atoms with E-state index in [4.69, 9.17) is 11.1 Å². The monoisotopic (exact) mass is 295 g/mol. The summed E-state index contributed by atoms with van der Waals surface area (Å²) in [6.45, 7) is 2.19. The average molecular weight is 296 g/mol. The van der Waals surface area contributed by atoms with E-state index in [2.05, 4.69) is 32.8 Å². The number of rotatable bonds is 2. The van der Waals surface area contributed by atoms with E-state index < -0.39 is 0 Å². The van der Waals surface area contributed by atoms with Crippen LogP contribution >= 0.6 is 15.9 Å². The molecule has 0 amide bonds. The van der Waals surface area contributed by atoms with Crippen LogP contribution in [0.2, 0.25) is 0 Å². The van der Waals surface area contributed by atoms with E-state index in [1.54, 1.807) is 11.2 Å². The van der Waals surface area contributed by atoms with E-state index >= 15 is 0 Å². The summed E-state index contributed by atoms with van der Waals surface area (Å²) in [5.74, 6) is 7.40. The van der Waals surface area contributed by atoms with Gasteiger partial charge in [-0.25, -0.2) is 10.8 Å².